The van der Waals surface area contributed by atoms with Gasteiger partial charge < -0.3 is 0 Å². The SMILES string of the molecule is [C-]#[N+]c1cc2c3c(ccc4c5c(C#N)cc6c7c(ccc(c1c43)c57)c(=O)n1c3ccc(F)cc3nc61)c(=O)n1c3cc(F)ccc3nc21. The summed E-state index contributed by atoms with van der Waals surface area (Å²) in [6.45, 7) is 8.28. The fourth-order valence-corrected chi connectivity index (χ4v) is 8.09. The molecule has 0 fully saturated rings. The molecule has 0 unspecified atom stereocenters. The van der Waals surface area contributed by atoms with Crippen molar-refractivity contribution in [3.8, 4) is 6.07 Å². The Labute approximate surface area is 264 Å². The van der Waals surface area contributed by atoms with Crippen molar-refractivity contribution in [3.05, 3.63) is 122 Å². The zero-order valence-electron chi connectivity index (χ0n) is 24.2. The number of pyridine rings is 2. The van der Waals surface area contributed by atoms with Crippen LogP contribution in [0.3, 0.4) is 0 Å². The first kappa shape index (κ1) is 25.2. The lowest BCUT2D eigenvalue weighted by molar-refractivity contribution is 0.629. The third-order valence-corrected chi connectivity index (χ3v) is 9.91. The van der Waals surface area contributed by atoms with Crippen LogP contribution >= 0.6 is 0 Å². The van der Waals surface area contributed by atoms with Crippen molar-refractivity contribution < 1.29 is 8.78 Å². The molecule has 0 atom stereocenters. The highest BCUT2D eigenvalue weighted by atomic mass is 19.1. The molecule has 0 N–H and O–H groups in total. The van der Waals surface area contributed by atoms with Gasteiger partial charge in [0.15, 0.2) is 5.69 Å². The molecule has 0 radical (unpaired) electrons. The van der Waals surface area contributed by atoms with Gasteiger partial charge in [-0.1, -0.05) is 12.1 Å². The molecular formula is C38H12F2N6O2. The molecule has 220 valence electrons. The zero-order chi connectivity index (χ0) is 32.3. The molecule has 7 aromatic carbocycles. The molecule has 0 amide bonds. The van der Waals surface area contributed by atoms with E-state index in [0.717, 1.165) is 0 Å². The predicted molar refractivity (Wildman–Crippen MR) is 181 cm³/mol. The summed E-state index contributed by atoms with van der Waals surface area (Å²) in [5.41, 5.74) is 2.03. The summed E-state index contributed by atoms with van der Waals surface area (Å²) >= 11 is 0. The Hall–Kier alpha value is -7.04. The molecule has 0 aliphatic rings. The van der Waals surface area contributed by atoms with Gasteiger partial charge in [-0.3, -0.25) is 18.4 Å². The first-order chi connectivity index (χ1) is 23.4. The van der Waals surface area contributed by atoms with Crippen molar-refractivity contribution in [3.63, 3.8) is 0 Å². The standard InChI is InChI=1S/C38H12F2N6O2/c1-42-26-13-23-31-21(38(48)46-28-12-17(40)2-8-24(28)43-36(23)46)6-4-18-29-15(14-41)10-22-30-20(7-5-19(33(29)30)32(26)34(18)31)37(47)45-27-9-3-16(39)11-25(27)44-35(22)45/h2-13H. The number of halogens is 2. The van der Waals surface area contributed by atoms with Crippen molar-refractivity contribution in [2.24, 2.45) is 0 Å². The van der Waals surface area contributed by atoms with E-state index in [0.29, 0.717) is 109 Å². The summed E-state index contributed by atoms with van der Waals surface area (Å²) in [4.78, 5) is 41.6. The van der Waals surface area contributed by atoms with Crippen LogP contribution in [0.2, 0.25) is 0 Å². The van der Waals surface area contributed by atoms with Gasteiger partial charge in [0.25, 0.3) is 11.1 Å². The normalized spacial score (nSPS) is 12.5. The van der Waals surface area contributed by atoms with Crippen LogP contribution in [0.15, 0.2) is 82.4 Å². The van der Waals surface area contributed by atoms with Crippen LogP contribution in [0, 0.1) is 29.5 Å². The second kappa shape index (κ2) is 8.02. The van der Waals surface area contributed by atoms with Crippen molar-refractivity contribution in [2.45, 2.75) is 0 Å². The number of imidazole rings is 2. The van der Waals surface area contributed by atoms with Gasteiger partial charge >= 0.3 is 0 Å². The number of benzene rings is 7. The average Bonchev–Trinajstić information content (AvgIpc) is 3.67. The fraction of sp³-hybridized carbons (Fsp3) is 0. The first-order valence-corrected chi connectivity index (χ1v) is 14.9. The molecular weight excluding hydrogens is 610 g/mol. The summed E-state index contributed by atoms with van der Waals surface area (Å²) in [7, 11) is 0. The minimum Gasteiger partial charge on any atom is -0.268 e. The van der Waals surface area contributed by atoms with Crippen molar-refractivity contribution in [2.75, 3.05) is 0 Å². The molecule has 0 saturated carbocycles. The van der Waals surface area contributed by atoms with E-state index in [1.807, 2.05) is 0 Å². The molecule has 11 aromatic rings. The lowest BCUT2D eigenvalue weighted by Gasteiger charge is -2.20. The van der Waals surface area contributed by atoms with Gasteiger partial charge in [0, 0.05) is 49.8 Å². The maximum Gasteiger partial charge on any atom is 0.264 e. The Morgan fingerprint density at radius 2 is 1.19 bits per heavy atom. The van der Waals surface area contributed by atoms with E-state index in [9.17, 15) is 23.6 Å². The van der Waals surface area contributed by atoms with E-state index in [2.05, 4.69) is 15.9 Å². The number of nitrogens with zero attached hydrogens (tertiary/aromatic N) is 6. The minimum atomic E-state index is -0.502. The Balaban J connectivity index is 1.45. The molecule has 11 rings (SSSR count). The van der Waals surface area contributed by atoms with Gasteiger partial charge in [0.1, 0.15) is 22.9 Å². The number of hydrogen-bond donors (Lipinski definition) is 0. The highest BCUT2D eigenvalue weighted by molar-refractivity contribution is 6.43. The zero-order valence-corrected chi connectivity index (χ0v) is 24.2. The van der Waals surface area contributed by atoms with Gasteiger partial charge in [-0.05, 0) is 75.5 Å². The van der Waals surface area contributed by atoms with Crippen LogP contribution in [0.1, 0.15) is 5.56 Å². The van der Waals surface area contributed by atoms with Crippen LogP contribution in [-0.4, -0.2) is 18.8 Å². The van der Waals surface area contributed by atoms with Gasteiger partial charge in [-0.2, -0.15) is 5.26 Å². The highest BCUT2D eigenvalue weighted by Gasteiger charge is 2.27. The molecule has 4 heterocycles. The average molecular weight is 623 g/mol. The smallest absolute Gasteiger partial charge is 0.264 e. The maximum atomic E-state index is 14.3. The quantitative estimate of drug-likeness (QED) is 0.0972. The molecule has 0 saturated heterocycles. The number of rotatable bonds is 0. The topological polar surface area (TPSA) is 96.9 Å². The van der Waals surface area contributed by atoms with Crippen LogP contribution < -0.4 is 11.1 Å². The summed E-state index contributed by atoms with van der Waals surface area (Å²) in [6, 6.07) is 20.9. The Morgan fingerprint density at radius 3 is 1.90 bits per heavy atom. The lowest BCUT2D eigenvalue weighted by atomic mass is 9.84. The predicted octanol–water partition coefficient (Wildman–Crippen LogP) is 7.94. The van der Waals surface area contributed by atoms with E-state index in [-0.39, 0.29) is 11.1 Å². The van der Waals surface area contributed by atoms with Crippen LogP contribution in [0.4, 0.5) is 14.5 Å². The van der Waals surface area contributed by atoms with Crippen LogP contribution in [0.25, 0.3) is 103 Å². The maximum absolute atomic E-state index is 14.3. The second-order valence-electron chi connectivity index (χ2n) is 12.1. The fourth-order valence-electron chi connectivity index (χ4n) is 8.09. The van der Waals surface area contributed by atoms with Crippen molar-refractivity contribution in [1.29, 1.82) is 5.26 Å². The Bertz CT molecular complexity index is 3470. The number of fused-ring (bicyclic) bond motifs is 10. The van der Waals surface area contributed by atoms with Crippen molar-refractivity contribution in [1.82, 2.24) is 18.8 Å². The molecule has 0 aliphatic carbocycles. The van der Waals surface area contributed by atoms with E-state index >= 15 is 0 Å². The van der Waals surface area contributed by atoms with E-state index in [1.54, 1.807) is 36.4 Å². The third-order valence-electron chi connectivity index (χ3n) is 9.91. The molecule has 4 aromatic heterocycles. The molecule has 10 heteroatoms. The Kier molecular flexibility index (Phi) is 4.21. The molecule has 0 bridgehead atoms. The number of hydrogen-bond acceptors (Lipinski definition) is 5. The van der Waals surface area contributed by atoms with Crippen molar-refractivity contribution >= 4 is 104 Å². The molecule has 0 aliphatic heterocycles. The Morgan fingerprint density at radius 1 is 0.604 bits per heavy atom. The summed E-state index contributed by atoms with van der Waals surface area (Å²) < 4.78 is 31.4. The van der Waals surface area contributed by atoms with Crippen LogP contribution in [0.5, 0.6) is 0 Å². The molecule has 8 nitrogen and oxygen atoms in total. The van der Waals surface area contributed by atoms with E-state index in [1.165, 1.54) is 45.2 Å². The third kappa shape index (κ3) is 2.67. The minimum absolute atomic E-state index is 0.296. The van der Waals surface area contributed by atoms with E-state index < -0.39 is 11.6 Å². The lowest BCUT2D eigenvalue weighted by Crippen LogP contribution is -2.14. The first-order valence-electron chi connectivity index (χ1n) is 14.9. The van der Waals surface area contributed by atoms with Crippen LogP contribution in [-0.2, 0) is 0 Å². The largest absolute Gasteiger partial charge is 0.268 e. The van der Waals surface area contributed by atoms with Gasteiger partial charge in [0.2, 0.25) is 0 Å². The van der Waals surface area contributed by atoms with Gasteiger partial charge in [-0.25, -0.2) is 23.6 Å². The monoisotopic (exact) mass is 622 g/mol. The number of aromatic nitrogens is 4. The molecule has 48 heavy (non-hydrogen) atoms. The summed E-state index contributed by atoms with van der Waals surface area (Å²) in [5, 5.41) is 17.3. The van der Waals surface area contributed by atoms with E-state index in [4.69, 9.17) is 11.6 Å². The summed E-state index contributed by atoms with van der Waals surface area (Å²) in [6.07, 6.45) is 0. The highest BCUT2D eigenvalue weighted by Crippen LogP contribution is 2.50. The number of nitriles is 1. The van der Waals surface area contributed by atoms with Gasteiger partial charge in [0.05, 0.1) is 40.3 Å². The van der Waals surface area contributed by atoms with Gasteiger partial charge in [-0.15, -0.1) is 0 Å². The second-order valence-corrected chi connectivity index (χ2v) is 12.1. The summed E-state index contributed by atoms with van der Waals surface area (Å²) in [5.74, 6) is -0.986. The molecule has 0 spiro atoms.